The van der Waals surface area contributed by atoms with Crippen LogP contribution in [0.4, 0.5) is 4.79 Å². The molecule has 1 amide bonds. The fourth-order valence-corrected chi connectivity index (χ4v) is 6.82. The number of phosphoric acid groups is 1. The van der Waals surface area contributed by atoms with Crippen LogP contribution in [0.1, 0.15) is 45.2 Å². The first kappa shape index (κ1) is 47.4. The zero-order valence-corrected chi connectivity index (χ0v) is 34.4. The second kappa shape index (κ2) is 21.7. The maximum Gasteiger partial charge on any atom is 0.478 e. The molecule has 0 spiro atoms. The van der Waals surface area contributed by atoms with Gasteiger partial charge in [-0.1, -0.05) is 95.5 Å². The van der Waals surface area contributed by atoms with Gasteiger partial charge in [0.25, 0.3) is 5.79 Å². The zero-order valence-electron chi connectivity index (χ0n) is 31.2. The molecule has 1 fully saturated rings. The summed E-state index contributed by atoms with van der Waals surface area (Å²) in [5.41, 5.74) is 0.999. The highest BCUT2D eigenvalue weighted by Crippen LogP contribution is 2.56. The Balaban J connectivity index is 2.26. The number of carbonyl (C=O) groups excluding carboxylic acids is 6. The van der Waals surface area contributed by atoms with Crippen molar-refractivity contribution >= 4 is 78.6 Å². The molecule has 22 heteroatoms. The Bertz CT molecular complexity index is 1700. The van der Waals surface area contributed by atoms with E-state index >= 15 is 0 Å². The quantitative estimate of drug-likeness (QED) is 0.0897. The Morgan fingerprint density at radius 1 is 0.825 bits per heavy atom. The van der Waals surface area contributed by atoms with E-state index in [1.54, 1.807) is 60.7 Å². The lowest BCUT2D eigenvalue weighted by Crippen LogP contribution is -2.69. The number of methoxy groups -OCH3 is 1. The fraction of sp³-hybridized carbons (Fsp3) is 0.486. The van der Waals surface area contributed by atoms with E-state index in [-0.39, 0.29) is 0 Å². The molecule has 0 bridgehead atoms. The van der Waals surface area contributed by atoms with Gasteiger partial charge in [0.2, 0.25) is 3.79 Å². The van der Waals surface area contributed by atoms with Gasteiger partial charge >= 0.3 is 43.8 Å². The van der Waals surface area contributed by atoms with Crippen LogP contribution < -0.4 is 5.32 Å². The molecule has 1 N–H and O–H groups in total. The maximum absolute atomic E-state index is 14.7. The average Bonchev–Trinajstić information content (AvgIpc) is 3.14. The highest BCUT2D eigenvalue weighted by Gasteiger charge is 2.62. The Hall–Kier alpha value is -4.00. The number of phosphoric ester groups is 1. The van der Waals surface area contributed by atoms with Crippen molar-refractivity contribution in [1.82, 2.24) is 5.32 Å². The van der Waals surface area contributed by atoms with Crippen molar-refractivity contribution in [3.8, 4) is 0 Å². The number of nitrogens with one attached hydrogen (secondary N) is 1. The number of alkyl halides is 3. The Morgan fingerprint density at radius 3 is 1.82 bits per heavy atom. The predicted molar refractivity (Wildman–Crippen MR) is 197 cm³/mol. The van der Waals surface area contributed by atoms with Gasteiger partial charge in [-0.05, 0) is 11.1 Å². The number of hydrogen-bond acceptors (Lipinski definition) is 17. The first-order chi connectivity index (χ1) is 26.7. The second-order valence-corrected chi connectivity index (χ2v) is 16.2. The smallest absolute Gasteiger partial charge is 0.465 e. The third-order valence-corrected chi connectivity index (χ3v) is 9.24. The van der Waals surface area contributed by atoms with Gasteiger partial charge in [-0.15, -0.1) is 0 Å². The minimum Gasteiger partial charge on any atom is -0.465 e. The van der Waals surface area contributed by atoms with Crippen LogP contribution in [-0.4, -0.2) is 96.3 Å². The first-order valence-corrected chi connectivity index (χ1v) is 19.4. The lowest BCUT2D eigenvalue weighted by Gasteiger charge is -2.48. The number of hydrogen-bond donors (Lipinski definition) is 1. The van der Waals surface area contributed by atoms with Crippen LogP contribution in [0.3, 0.4) is 0 Å². The van der Waals surface area contributed by atoms with Crippen molar-refractivity contribution in [3.63, 3.8) is 0 Å². The number of amides is 1. The van der Waals surface area contributed by atoms with E-state index in [1.165, 1.54) is 0 Å². The van der Waals surface area contributed by atoms with Crippen LogP contribution in [0.5, 0.6) is 0 Å². The van der Waals surface area contributed by atoms with Crippen molar-refractivity contribution in [2.45, 2.75) is 87.4 Å². The summed E-state index contributed by atoms with van der Waals surface area (Å²) in [6, 6.07) is 15.0. The summed E-state index contributed by atoms with van der Waals surface area (Å²) in [6.07, 6.45) is -9.77. The molecule has 2 aromatic rings. The summed E-state index contributed by atoms with van der Waals surface area (Å²) in [6.45, 7) is 1.55. The molecule has 0 radical (unpaired) electrons. The van der Waals surface area contributed by atoms with Gasteiger partial charge in [-0.25, -0.2) is 18.7 Å². The third-order valence-electron chi connectivity index (χ3n) is 7.50. The lowest BCUT2D eigenvalue weighted by molar-refractivity contribution is -0.293. The monoisotopic (exact) mass is 883 g/mol. The van der Waals surface area contributed by atoms with Crippen molar-refractivity contribution < 1.29 is 80.1 Å². The summed E-state index contributed by atoms with van der Waals surface area (Å²) in [4.78, 5) is 76.7. The number of ether oxygens (including phenoxy) is 7. The van der Waals surface area contributed by atoms with Crippen LogP contribution >= 0.6 is 42.6 Å². The van der Waals surface area contributed by atoms with E-state index in [4.69, 9.17) is 81.5 Å². The molecule has 1 aliphatic rings. The molecule has 1 aliphatic heterocycles. The molecule has 0 aromatic heterocycles. The average molecular weight is 885 g/mol. The molecular formula is C35H41Cl3NO17P. The standard InChI is InChI=1S/C35H41Cl3NO17P/c1-21(40)48-19-28(53-23(3)42)30(54-24(4)43)31-29(39-33(45)49-20-35(36,37)38)27(52-22(2)41)16-34(55-31,32(44)47-5)56-57(46,50-17-25-12-8-6-9-13-25)51-18-26-14-10-7-11-15-26/h6-15,27-31H,16-20H2,1-5H3,(H,39,45)/t27-,28+,29+,30+,31+,34+/m0/s1. The van der Waals surface area contributed by atoms with E-state index in [0.717, 1.165) is 34.8 Å². The Kier molecular flexibility index (Phi) is 18.0. The lowest BCUT2D eigenvalue weighted by atomic mass is 9.88. The predicted octanol–water partition coefficient (Wildman–Crippen LogP) is 5.03. The number of halogens is 3. The van der Waals surface area contributed by atoms with Gasteiger partial charge in [0, 0.05) is 27.7 Å². The van der Waals surface area contributed by atoms with Gasteiger partial charge < -0.3 is 38.5 Å². The molecule has 1 heterocycles. The molecule has 18 nitrogen and oxygen atoms in total. The summed E-state index contributed by atoms with van der Waals surface area (Å²) >= 11 is 17.2. The van der Waals surface area contributed by atoms with Crippen LogP contribution in [-0.2, 0) is 88.5 Å². The molecular weight excluding hydrogens is 844 g/mol. The molecule has 1 saturated heterocycles. The van der Waals surface area contributed by atoms with Gasteiger partial charge in [0.15, 0.2) is 12.2 Å². The molecule has 0 unspecified atom stereocenters. The van der Waals surface area contributed by atoms with Crippen LogP contribution in [0.25, 0.3) is 0 Å². The molecule has 3 rings (SSSR count). The van der Waals surface area contributed by atoms with Crippen LogP contribution in [0, 0.1) is 0 Å². The zero-order chi connectivity index (χ0) is 42.4. The first-order valence-electron chi connectivity index (χ1n) is 16.8. The minimum atomic E-state index is -5.03. The molecule has 6 atom stereocenters. The molecule has 57 heavy (non-hydrogen) atoms. The van der Waals surface area contributed by atoms with Crippen molar-refractivity contribution in [1.29, 1.82) is 0 Å². The summed E-state index contributed by atoms with van der Waals surface area (Å²) in [5, 5.41) is 2.36. The normalized spacial score (nSPS) is 20.5. The topological polar surface area (TPSA) is 224 Å². The third kappa shape index (κ3) is 15.7. The fourth-order valence-electron chi connectivity index (χ4n) is 5.31. The van der Waals surface area contributed by atoms with Gasteiger partial charge in [0.05, 0.1) is 32.8 Å². The number of esters is 5. The second-order valence-electron chi connectivity index (χ2n) is 12.1. The van der Waals surface area contributed by atoms with Crippen molar-refractivity contribution in [3.05, 3.63) is 71.8 Å². The molecule has 0 aliphatic carbocycles. The molecule has 314 valence electrons. The van der Waals surface area contributed by atoms with Gasteiger partial charge in [0.1, 0.15) is 25.4 Å². The number of rotatable bonds is 18. The highest BCUT2D eigenvalue weighted by atomic mass is 35.6. The number of alkyl carbamates (subject to hydrolysis) is 1. The minimum absolute atomic E-state index is 0.396. The number of benzene rings is 2. The Morgan fingerprint density at radius 2 is 1.37 bits per heavy atom. The van der Waals surface area contributed by atoms with Gasteiger partial charge in [-0.3, -0.25) is 28.2 Å². The maximum atomic E-state index is 14.7. The van der Waals surface area contributed by atoms with E-state index in [1.807, 2.05) is 0 Å². The largest absolute Gasteiger partial charge is 0.478 e. The van der Waals surface area contributed by atoms with Crippen LogP contribution in [0.2, 0.25) is 0 Å². The molecule has 0 saturated carbocycles. The summed E-state index contributed by atoms with van der Waals surface area (Å²) < 4.78 is 67.9. The van der Waals surface area contributed by atoms with Gasteiger partial charge in [-0.2, -0.15) is 0 Å². The van der Waals surface area contributed by atoms with Crippen molar-refractivity contribution in [2.75, 3.05) is 20.3 Å². The van der Waals surface area contributed by atoms with E-state index in [9.17, 15) is 33.3 Å². The SMILES string of the molecule is COC(=O)[C@]1(OP(=O)(OCc2ccccc2)OCc2ccccc2)C[C@H](OC(C)=O)[C@@H](NC(=O)OCC(Cl)(Cl)Cl)[C@H]([C@H](OC(C)=O)[C@@H](COC(C)=O)OC(C)=O)O1. The van der Waals surface area contributed by atoms with Crippen molar-refractivity contribution in [2.24, 2.45) is 0 Å². The van der Waals surface area contributed by atoms with E-state index in [0.29, 0.717) is 11.1 Å². The van der Waals surface area contributed by atoms with E-state index in [2.05, 4.69) is 5.32 Å². The highest BCUT2D eigenvalue weighted by molar-refractivity contribution is 7.48. The van der Waals surface area contributed by atoms with E-state index < -0.39 is 117 Å². The number of carbonyl (C=O) groups is 6. The van der Waals surface area contributed by atoms with Crippen LogP contribution in [0.15, 0.2) is 60.7 Å². The summed E-state index contributed by atoms with van der Waals surface area (Å²) in [7, 11) is -4.12. The summed E-state index contributed by atoms with van der Waals surface area (Å²) in [5.74, 6) is -8.28. The molecule has 2 aromatic carbocycles. The Labute approximate surface area is 342 Å².